The van der Waals surface area contributed by atoms with Gasteiger partial charge in [0.25, 0.3) is 0 Å². The van der Waals surface area contributed by atoms with Gasteiger partial charge in [0.05, 0.1) is 30.6 Å². The number of carbonyl (C=O) groups is 2. The van der Waals surface area contributed by atoms with Crippen molar-refractivity contribution in [2.75, 3.05) is 66.6 Å². The Morgan fingerprint density at radius 3 is 1.78 bits per heavy atom. The molecular formula is C43H46ClFN6O4. The highest BCUT2D eigenvalue weighted by atomic mass is 35.5. The van der Waals surface area contributed by atoms with Gasteiger partial charge in [0.2, 0.25) is 23.6 Å². The molecular weight excluding hydrogens is 719 g/mol. The summed E-state index contributed by atoms with van der Waals surface area (Å²) in [4.78, 5) is 42.3. The third-order valence-corrected chi connectivity index (χ3v) is 13.1. The summed E-state index contributed by atoms with van der Waals surface area (Å²) >= 11 is 7.19. The maximum absolute atomic E-state index is 16.8. The average Bonchev–Trinajstić information content (AvgIpc) is 3.78. The summed E-state index contributed by atoms with van der Waals surface area (Å²) in [6, 6.07) is 15.5. The number of hydrogen-bond donors (Lipinski definition) is 0. The topological polar surface area (TPSA) is 91.3 Å². The summed E-state index contributed by atoms with van der Waals surface area (Å²) in [6.45, 7) is 9.88. The van der Waals surface area contributed by atoms with Crippen LogP contribution in [-0.4, -0.2) is 108 Å². The molecule has 10 nitrogen and oxygen atoms in total. The van der Waals surface area contributed by atoms with E-state index in [-0.39, 0.29) is 29.3 Å². The minimum atomic E-state index is -0.404. The number of halogens is 2. The van der Waals surface area contributed by atoms with Crippen LogP contribution < -0.4 is 9.47 Å². The molecule has 12 heteroatoms. The van der Waals surface area contributed by atoms with Crippen molar-refractivity contribution in [2.45, 2.75) is 51.6 Å². The molecule has 0 saturated carbocycles. The van der Waals surface area contributed by atoms with Gasteiger partial charge in [-0.1, -0.05) is 41.9 Å². The second kappa shape index (κ2) is 13.9. The molecule has 2 aromatic carbocycles. The van der Waals surface area contributed by atoms with E-state index in [0.717, 1.165) is 81.6 Å². The summed E-state index contributed by atoms with van der Waals surface area (Å²) in [7, 11) is 3.28. The molecule has 2 aromatic heterocycles. The zero-order valence-electron chi connectivity index (χ0n) is 31.8. The first-order valence-electron chi connectivity index (χ1n) is 19.3. The van der Waals surface area contributed by atoms with Gasteiger partial charge in [0, 0.05) is 117 Å². The molecule has 0 N–H and O–H groups in total. The van der Waals surface area contributed by atoms with Crippen molar-refractivity contribution < 1.29 is 23.5 Å². The maximum atomic E-state index is 16.8. The van der Waals surface area contributed by atoms with E-state index in [0.29, 0.717) is 63.5 Å². The van der Waals surface area contributed by atoms with Crippen LogP contribution in [0.25, 0.3) is 33.6 Å². The van der Waals surface area contributed by atoms with E-state index in [1.807, 2.05) is 40.1 Å². The zero-order valence-corrected chi connectivity index (χ0v) is 32.6. The number of piperazine rings is 1. The average molecular weight is 765 g/mol. The minimum Gasteiger partial charge on any atom is -0.481 e. The van der Waals surface area contributed by atoms with E-state index in [4.69, 9.17) is 31.0 Å². The lowest BCUT2D eigenvalue weighted by molar-refractivity contribution is -0.161. The van der Waals surface area contributed by atoms with Gasteiger partial charge in [-0.15, -0.1) is 0 Å². The third kappa shape index (κ3) is 6.06. The number of hydrogen-bond acceptors (Lipinski definition) is 8. The van der Waals surface area contributed by atoms with Crippen LogP contribution in [0, 0.1) is 11.2 Å². The number of pyridine rings is 2. The second-order valence-electron chi connectivity index (χ2n) is 15.9. The molecule has 0 radical (unpaired) electrons. The fourth-order valence-corrected chi connectivity index (χ4v) is 10.3. The summed E-state index contributed by atoms with van der Waals surface area (Å²) in [6.07, 6.45) is 3.64. The molecule has 2 amide bonds. The van der Waals surface area contributed by atoms with Gasteiger partial charge in [-0.25, -0.2) is 14.4 Å². The van der Waals surface area contributed by atoms with Gasteiger partial charge in [-0.2, -0.15) is 0 Å². The van der Waals surface area contributed by atoms with Crippen LogP contribution in [0.2, 0.25) is 5.02 Å². The van der Waals surface area contributed by atoms with E-state index in [9.17, 15) is 9.59 Å². The van der Waals surface area contributed by atoms with Crippen molar-refractivity contribution in [3.8, 4) is 45.4 Å². The molecule has 2 atom stereocenters. The number of fused-ring (bicyclic) bond motifs is 2. The number of benzene rings is 2. The van der Waals surface area contributed by atoms with Gasteiger partial charge >= 0.3 is 0 Å². The van der Waals surface area contributed by atoms with Crippen molar-refractivity contribution in [1.29, 1.82) is 0 Å². The largest absolute Gasteiger partial charge is 0.481 e. The Bertz CT molecular complexity index is 2210. The lowest BCUT2D eigenvalue weighted by atomic mass is 9.72. The van der Waals surface area contributed by atoms with Crippen LogP contribution in [0.4, 0.5) is 4.39 Å². The Morgan fingerprint density at radius 1 is 0.709 bits per heavy atom. The maximum Gasteiger partial charge on any atom is 0.219 e. The number of aryl methyl sites for hydroxylation is 2. The van der Waals surface area contributed by atoms with E-state index in [1.54, 1.807) is 40.2 Å². The number of carbonyl (C=O) groups excluding carboxylic acids is 2. The molecule has 55 heavy (non-hydrogen) atoms. The fraction of sp³-hybridized carbons (Fsp3) is 0.442. The number of rotatable bonds is 7. The predicted octanol–water partition coefficient (Wildman–Crippen LogP) is 6.59. The molecule has 2 aliphatic carbocycles. The van der Waals surface area contributed by atoms with E-state index < -0.39 is 5.82 Å². The second-order valence-corrected chi connectivity index (χ2v) is 16.3. The zero-order chi connectivity index (χ0) is 38.2. The van der Waals surface area contributed by atoms with E-state index in [2.05, 4.69) is 15.9 Å². The molecule has 9 rings (SSSR count). The molecule has 4 aromatic rings. The summed E-state index contributed by atoms with van der Waals surface area (Å²) in [5.41, 5.74) is 7.97. The number of ether oxygens (including phenoxy) is 2. The lowest BCUT2D eigenvalue weighted by Crippen LogP contribution is -2.72. The number of aromatic nitrogens is 2. The Labute approximate surface area is 326 Å². The predicted molar refractivity (Wildman–Crippen MR) is 209 cm³/mol. The van der Waals surface area contributed by atoms with E-state index >= 15 is 4.39 Å². The molecule has 3 aliphatic heterocycles. The van der Waals surface area contributed by atoms with Crippen molar-refractivity contribution in [1.82, 2.24) is 29.6 Å². The van der Waals surface area contributed by atoms with Crippen LogP contribution in [0.5, 0.6) is 11.8 Å². The number of amides is 2. The van der Waals surface area contributed by atoms with Gasteiger partial charge < -0.3 is 19.3 Å². The summed E-state index contributed by atoms with van der Waals surface area (Å²) in [5.74, 6) is 0.969. The van der Waals surface area contributed by atoms with Crippen LogP contribution in [0.3, 0.4) is 0 Å². The quantitative estimate of drug-likeness (QED) is 0.208. The Balaban J connectivity index is 0.988. The number of nitrogens with zero attached hydrogens (tertiary/aromatic N) is 6. The van der Waals surface area contributed by atoms with Gasteiger partial charge in [0.15, 0.2) is 0 Å². The van der Waals surface area contributed by atoms with Crippen molar-refractivity contribution in [3.05, 3.63) is 81.6 Å². The first-order valence-corrected chi connectivity index (χ1v) is 19.7. The van der Waals surface area contributed by atoms with Crippen molar-refractivity contribution in [3.63, 3.8) is 0 Å². The van der Waals surface area contributed by atoms with E-state index in [1.165, 1.54) is 5.56 Å². The fourth-order valence-electron chi connectivity index (χ4n) is 9.93. The normalized spacial score (nSPS) is 21.6. The standard InChI is InChI=1S/C43H46ClFN6O4/c1-25(52)48-15-17-49(18-16-48)35-13-11-28-20-34(47-41(54-3)37(28)35)32-10-6-8-30(40(32)45)29-7-5-9-31(39(29)44)33-19-27-12-14-36(38(27)42(46-33)55-4)51-23-43(24-51)21-50(22-43)26(2)53/h5-10,19-20,35-36H,11-18,21-24H2,1-4H3. The molecule has 286 valence electrons. The smallest absolute Gasteiger partial charge is 0.219 e. The molecule has 5 aliphatic rings. The molecule has 1 spiro atoms. The summed E-state index contributed by atoms with van der Waals surface area (Å²) < 4.78 is 28.6. The Kier molecular flexibility index (Phi) is 9.09. The molecule has 3 saturated heterocycles. The number of likely N-dealkylation sites (tertiary alicyclic amines) is 2. The summed E-state index contributed by atoms with van der Waals surface area (Å²) in [5, 5.41) is 0.416. The molecule has 5 heterocycles. The Hall–Kier alpha value is -4.58. The SMILES string of the molecule is COc1nc(-c2cccc(-c3cccc(-c4cc5c(c(OC)n4)C(N4CC6(CN(C(C)=O)C6)C4)CC5)c3Cl)c2F)cc2c1C(N1CCN(C(C)=O)CC1)CC2. The van der Waals surface area contributed by atoms with Gasteiger partial charge in [0.1, 0.15) is 5.82 Å². The molecule has 3 fully saturated rings. The highest BCUT2D eigenvalue weighted by Gasteiger charge is 2.55. The van der Waals surface area contributed by atoms with Crippen LogP contribution in [0.1, 0.15) is 61.0 Å². The van der Waals surface area contributed by atoms with Crippen LogP contribution in [0.15, 0.2) is 48.5 Å². The lowest BCUT2D eigenvalue weighted by Gasteiger charge is -2.61. The van der Waals surface area contributed by atoms with Gasteiger partial charge in [-0.05, 0) is 55.0 Å². The van der Waals surface area contributed by atoms with Crippen LogP contribution in [-0.2, 0) is 22.4 Å². The molecule has 2 unspecified atom stereocenters. The first kappa shape index (κ1) is 36.1. The minimum absolute atomic E-state index is 0.108. The highest BCUT2D eigenvalue weighted by Crippen LogP contribution is 2.50. The number of methoxy groups -OCH3 is 2. The van der Waals surface area contributed by atoms with Gasteiger partial charge in [-0.3, -0.25) is 19.4 Å². The van der Waals surface area contributed by atoms with Crippen LogP contribution >= 0.6 is 11.6 Å². The van der Waals surface area contributed by atoms with Crippen molar-refractivity contribution in [2.24, 2.45) is 5.41 Å². The monoisotopic (exact) mass is 764 g/mol. The Morgan fingerprint density at radius 2 is 1.22 bits per heavy atom. The highest BCUT2D eigenvalue weighted by molar-refractivity contribution is 6.36. The third-order valence-electron chi connectivity index (χ3n) is 12.7. The first-order chi connectivity index (χ1) is 26.6. The van der Waals surface area contributed by atoms with Crippen molar-refractivity contribution >= 4 is 23.4 Å². The molecule has 0 bridgehead atoms.